The van der Waals surface area contributed by atoms with E-state index in [1.165, 1.54) is 0 Å². The van der Waals surface area contributed by atoms with Crippen molar-refractivity contribution in [3.05, 3.63) is 229 Å². The molecular formula is C55H34N4O2S. The molecule has 292 valence electrons. The smallest absolute Gasteiger partial charge is 0.207 e. The van der Waals surface area contributed by atoms with Gasteiger partial charge in [-0.1, -0.05) is 146 Å². The first-order valence-corrected chi connectivity index (χ1v) is 22.0. The summed E-state index contributed by atoms with van der Waals surface area (Å²) in [4.78, 5) is 20.3. The van der Waals surface area contributed by atoms with E-state index in [1.54, 1.807) is 18.5 Å². The molecule has 0 bridgehead atoms. The lowest BCUT2D eigenvalue weighted by molar-refractivity contribution is 0.581. The minimum atomic E-state index is -3.98. The number of nitrogens with zero attached hydrogens (tertiary/aromatic N) is 4. The topological polar surface area (TPSA) is 85.7 Å². The van der Waals surface area contributed by atoms with Crippen LogP contribution in [0.4, 0.5) is 0 Å². The van der Waals surface area contributed by atoms with E-state index < -0.39 is 15.3 Å². The molecule has 1 unspecified atom stereocenters. The summed E-state index contributed by atoms with van der Waals surface area (Å²) < 4.78 is 30.3. The van der Waals surface area contributed by atoms with E-state index in [-0.39, 0.29) is 0 Å². The standard InChI is InChI=1S/C55H34N4O2S/c60-62(61)52-23-11-10-22-46(52)55(47-28-25-35-13-4-5-17-40(35)53(47)62)45-21-9-8-20-43(45)41-18-6-7-19-42(41)44-27-24-37(31-48(44)55)54-58-50(36-14-2-1-3-15-36)32-51(59-54)39-26-29-49(57-34-39)38-16-12-30-56-33-38/h1-34H. The van der Waals surface area contributed by atoms with E-state index in [9.17, 15) is 0 Å². The van der Waals surface area contributed by atoms with Gasteiger partial charge in [-0.15, -0.1) is 0 Å². The zero-order valence-electron chi connectivity index (χ0n) is 33.1. The third-order valence-electron chi connectivity index (χ3n) is 12.5. The van der Waals surface area contributed by atoms with Gasteiger partial charge in [0.1, 0.15) is 0 Å². The Balaban J connectivity index is 1.18. The maximum Gasteiger partial charge on any atom is 0.207 e. The molecule has 0 amide bonds. The largest absolute Gasteiger partial charge is 0.264 e. The van der Waals surface area contributed by atoms with Crippen LogP contribution in [-0.4, -0.2) is 28.4 Å². The van der Waals surface area contributed by atoms with Gasteiger partial charge in [0.05, 0.1) is 32.3 Å². The molecule has 62 heavy (non-hydrogen) atoms. The SMILES string of the molecule is O=S1(=O)c2ccccc2C2(c3ccccc3-c3ccccc3-c3ccc(-c4nc(-c5ccccc5)cc(-c5ccc(-c6cccnc6)nc5)n4)cc32)c2ccc3ccccc3c21. The van der Waals surface area contributed by atoms with Crippen LogP contribution in [0.3, 0.4) is 0 Å². The van der Waals surface area contributed by atoms with Crippen LogP contribution in [0.1, 0.15) is 22.3 Å². The fraction of sp³-hybridized carbons (Fsp3) is 0.0182. The van der Waals surface area contributed by atoms with Crippen LogP contribution in [0.15, 0.2) is 216 Å². The maximum absolute atomic E-state index is 15.2. The first-order chi connectivity index (χ1) is 30.5. The number of rotatable bonds is 4. The van der Waals surface area contributed by atoms with Crippen LogP contribution in [0.5, 0.6) is 0 Å². The maximum atomic E-state index is 15.2. The van der Waals surface area contributed by atoms with Gasteiger partial charge in [-0.25, -0.2) is 18.4 Å². The van der Waals surface area contributed by atoms with E-state index in [0.717, 1.165) is 78.1 Å². The van der Waals surface area contributed by atoms with Gasteiger partial charge in [-0.2, -0.15) is 0 Å². The van der Waals surface area contributed by atoms with E-state index in [4.69, 9.17) is 15.0 Å². The zero-order chi connectivity index (χ0) is 41.4. The van der Waals surface area contributed by atoms with Gasteiger partial charge in [-0.05, 0) is 92.4 Å². The van der Waals surface area contributed by atoms with Gasteiger partial charge in [-0.3, -0.25) is 9.97 Å². The van der Waals surface area contributed by atoms with E-state index >= 15 is 8.42 Å². The molecule has 10 aromatic rings. The van der Waals surface area contributed by atoms with Crippen molar-refractivity contribution in [2.24, 2.45) is 0 Å². The predicted octanol–water partition coefficient (Wildman–Crippen LogP) is 12.3. The Bertz CT molecular complexity index is 3540. The highest BCUT2D eigenvalue weighted by Gasteiger charge is 2.52. The number of hydrogen-bond donors (Lipinski definition) is 0. The second kappa shape index (κ2) is 13.8. The molecule has 12 rings (SSSR count). The van der Waals surface area contributed by atoms with Crippen molar-refractivity contribution in [3.63, 3.8) is 0 Å². The van der Waals surface area contributed by atoms with Crippen molar-refractivity contribution in [1.82, 2.24) is 19.9 Å². The Morgan fingerprint density at radius 2 is 1.06 bits per heavy atom. The van der Waals surface area contributed by atoms with Crippen LogP contribution in [0.2, 0.25) is 0 Å². The summed E-state index contributed by atoms with van der Waals surface area (Å²) in [5.41, 5.74) is 12.3. The predicted molar refractivity (Wildman–Crippen MR) is 245 cm³/mol. The van der Waals surface area contributed by atoms with Crippen molar-refractivity contribution in [2.45, 2.75) is 15.2 Å². The Labute approximate surface area is 358 Å². The van der Waals surface area contributed by atoms with Crippen molar-refractivity contribution in [3.8, 4) is 67.4 Å². The number of hydrogen-bond acceptors (Lipinski definition) is 6. The molecule has 3 aromatic heterocycles. The highest BCUT2D eigenvalue weighted by molar-refractivity contribution is 7.92. The van der Waals surface area contributed by atoms with E-state index in [0.29, 0.717) is 32.1 Å². The monoisotopic (exact) mass is 814 g/mol. The molecule has 0 saturated heterocycles. The molecule has 0 saturated carbocycles. The fourth-order valence-corrected chi connectivity index (χ4v) is 11.7. The number of pyridine rings is 2. The number of aromatic nitrogens is 4. The fourth-order valence-electron chi connectivity index (χ4n) is 9.76. The second-order valence-corrected chi connectivity index (χ2v) is 17.6. The lowest BCUT2D eigenvalue weighted by Crippen LogP contribution is -2.38. The first kappa shape index (κ1) is 36.0. The molecule has 0 radical (unpaired) electrons. The molecule has 1 atom stereocenters. The van der Waals surface area contributed by atoms with Gasteiger partial charge in [0.25, 0.3) is 0 Å². The quantitative estimate of drug-likeness (QED) is 0.176. The van der Waals surface area contributed by atoms with E-state index in [1.807, 2.05) is 103 Å². The van der Waals surface area contributed by atoms with Crippen LogP contribution < -0.4 is 0 Å². The first-order valence-electron chi connectivity index (χ1n) is 20.5. The molecule has 1 aliphatic heterocycles. The summed E-state index contributed by atoms with van der Waals surface area (Å²) >= 11 is 0. The lowest BCUT2D eigenvalue weighted by atomic mass is 9.62. The molecule has 7 aromatic carbocycles. The summed E-state index contributed by atoms with van der Waals surface area (Å²) in [6.07, 6.45) is 5.41. The van der Waals surface area contributed by atoms with Crippen molar-refractivity contribution < 1.29 is 8.42 Å². The third kappa shape index (κ3) is 5.31. The third-order valence-corrected chi connectivity index (χ3v) is 14.4. The Morgan fingerprint density at radius 1 is 0.419 bits per heavy atom. The Morgan fingerprint density at radius 3 is 1.84 bits per heavy atom. The minimum absolute atomic E-state index is 0.299. The summed E-state index contributed by atoms with van der Waals surface area (Å²) in [7, 11) is -3.98. The van der Waals surface area contributed by atoms with Gasteiger partial charge < -0.3 is 0 Å². The van der Waals surface area contributed by atoms with E-state index in [2.05, 4.69) is 89.9 Å². The molecule has 0 fully saturated rings. The average Bonchev–Trinajstić information content (AvgIpc) is 3.45. The number of sulfone groups is 1. The summed E-state index contributed by atoms with van der Waals surface area (Å²) in [6.45, 7) is 0. The van der Waals surface area contributed by atoms with Crippen LogP contribution in [0.25, 0.3) is 78.2 Å². The van der Waals surface area contributed by atoms with Crippen LogP contribution >= 0.6 is 0 Å². The molecule has 0 N–H and O–H groups in total. The van der Waals surface area contributed by atoms with Gasteiger partial charge in [0.2, 0.25) is 9.84 Å². The normalized spacial score (nSPS) is 15.4. The highest BCUT2D eigenvalue weighted by atomic mass is 32.2. The molecule has 6 nitrogen and oxygen atoms in total. The molecule has 4 heterocycles. The minimum Gasteiger partial charge on any atom is -0.264 e. The molecule has 1 aliphatic carbocycles. The molecular weight excluding hydrogens is 781 g/mol. The summed E-state index contributed by atoms with van der Waals surface area (Å²) in [5.74, 6) is 0.539. The molecule has 2 aliphatic rings. The van der Waals surface area contributed by atoms with Gasteiger partial charge in [0.15, 0.2) is 5.82 Å². The van der Waals surface area contributed by atoms with Crippen molar-refractivity contribution in [2.75, 3.05) is 0 Å². The molecule has 1 spiro atoms. The summed E-state index contributed by atoms with van der Waals surface area (Å²) in [5, 5.41) is 1.56. The number of benzene rings is 7. The van der Waals surface area contributed by atoms with Crippen molar-refractivity contribution in [1.29, 1.82) is 0 Å². The molecule has 7 heteroatoms. The van der Waals surface area contributed by atoms with Gasteiger partial charge >= 0.3 is 0 Å². The summed E-state index contributed by atoms with van der Waals surface area (Å²) in [6, 6.07) is 63.0. The van der Waals surface area contributed by atoms with Crippen molar-refractivity contribution >= 4 is 20.6 Å². The zero-order valence-corrected chi connectivity index (χ0v) is 34.0. The highest BCUT2D eigenvalue weighted by Crippen LogP contribution is 2.60. The van der Waals surface area contributed by atoms with Crippen LogP contribution in [0, 0.1) is 0 Å². The average molecular weight is 815 g/mol. The lowest BCUT2D eigenvalue weighted by Gasteiger charge is -2.43. The number of fused-ring (bicyclic) bond motifs is 13. The second-order valence-electron chi connectivity index (χ2n) is 15.8. The van der Waals surface area contributed by atoms with Gasteiger partial charge in [0, 0.05) is 46.2 Å². The van der Waals surface area contributed by atoms with Crippen LogP contribution in [-0.2, 0) is 15.3 Å². The Kier molecular flexibility index (Phi) is 8.04. The Hall–Kier alpha value is -7.87.